The predicted octanol–water partition coefficient (Wildman–Crippen LogP) is 2.42. The summed E-state index contributed by atoms with van der Waals surface area (Å²) >= 11 is 0. The van der Waals surface area contributed by atoms with Crippen LogP contribution in [0.1, 0.15) is 38.3 Å². The molecule has 3 rings (SSSR count). The van der Waals surface area contributed by atoms with Crippen LogP contribution < -0.4 is 15.2 Å². The number of ether oxygens (including phenoxy) is 3. The normalized spacial score (nSPS) is 27.9. The van der Waals surface area contributed by atoms with Gasteiger partial charge in [-0.05, 0) is 38.8 Å². The second-order valence-corrected chi connectivity index (χ2v) is 5.97. The van der Waals surface area contributed by atoms with Crippen LogP contribution in [0.5, 0.6) is 11.5 Å². The first kappa shape index (κ1) is 12.8. The third-order valence-corrected chi connectivity index (χ3v) is 3.79. The summed E-state index contributed by atoms with van der Waals surface area (Å²) in [5, 5.41) is 0. The van der Waals surface area contributed by atoms with Crippen molar-refractivity contribution in [3.63, 3.8) is 0 Å². The molecule has 1 aromatic rings. The average Bonchev–Trinajstić information content (AvgIpc) is 2.90. The van der Waals surface area contributed by atoms with Gasteiger partial charge >= 0.3 is 0 Å². The average molecular weight is 263 g/mol. The highest BCUT2D eigenvalue weighted by Gasteiger charge is 2.32. The summed E-state index contributed by atoms with van der Waals surface area (Å²) in [5.41, 5.74) is 6.96. The molecule has 19 heavy (non-hydrogen) atoms. The lowest BCUT2D eigenvalue weighted by Gasteiger charge is -2.19. The summed E-state index contributed by atoms with van der Waals surface area (Å²) in [5.74, 6) is 1.67. The number of nitrogens with two attached hydrogens (primary N) is 1. The zero-order chi connectivity index (χ0) is 13.5. The van der Waals surface area contributed by atoms with Gasteiger partial charge in [0, 0.05) is 11.6 Å². The van der Waals surface area contributed by atoms with E-state index in [1.54, 1.807) is 0 Å². The van der Waals surface area contributed by atoms with Crippen molar-refractivity contribution in [2.45, 2.75) is 44.4 Å². The van der Waals surface area contributed by atoms with Crippen LogP contribution in [0.25, 0.3) is 0 Å². The maximum atomic E-state index is 5.91. The van der Waals surface area contributed by atoms with Gasteiger partial charge in [0.1, 0.15) is 24.7 Å². The van der Waals surface area contributed by atoms with Crippen LogP contribution in [0, 0.1) is 0 Å². The van der Waals surface area contributed by atoms with E-state index in [4.69, 9.17) is 19.9 Å². The fourth-order valence-electron chi connectivity index (χ4n) is 2.69. The Labute approximate surface area is 113 Å². The molecule has 1 saturated heterocycles. The molecular weight excluding hydrogens is 242 g/mol. The van der Waals surface area contributed by atoms with Gasteiger partial charge in [-0.25, -0.2) is 0 Å². The van der Waals surface area contributed by atoms with E-state index in [0.717, 1.165) is 29.9 Å². The van der Waals surface area contributed by atoms with Gasteiger partial charge in [-0.3, -0.25) is 0 Å². The zero-order valence-electron chi connectivity index (χ0n) is 11.5. The highest BCUT2D eigenvalue weighted by Crippen LogP contribution is 2.34. The fourth-order valence-corrected chi connectivity index (χ4v) is 2.69. The predicted molar refractivity (Wildman–Crippen MR) is 72.5 cm³/mol. The van der Waals surface area contributed by atoms with Gasteiger partial charge in [0.15, 0.2) is 0 Å². The van der Waals surface area contributed by atoms with E-state index in [0.29, 0.717) is 13.2 Å². The molecule has 0 saturated carbocycles. The zero-order valence-corrected chi connectivity index (χ0v) is 11.5. The molecule has 0 bridgehead atoms. The minimum absolute atomic E-state index is 0.0111. The highest BCUT2D eigenvalue weighted by molar-refractivity contribution is 5.44. The monoisotopic (exact) mass is 263 g/mol. The van der Waals surface area contributed by atoms with Crippen LogP contribution >= 0.6 is 0 Å². The summed E-state index contributed by atoms with van der Waals surface area (Å²) in [6, 6.07) is 5.85. The molecule has 0 aliphatic carbocycles. The van der Waals surface area contributed by atoms with Gasteiger partial charge in [0.25, 0.3) is 0 Å². The molecule has 2 heterocycles. The summed E-state index contributed by atoms with van der Waals surface area (Å²) in [4.78, 5) is 0. The van der Waals surface area contributed by atoms with E-state index in [1.807, 2.05) is 18.2 Å². The number of benzene rings is 1. The van der Waals surface area contributed by atoms with Crippen LogP contribution in [0.3, 0.4) is 0 Å². The number of hydrogen-bond donors (Lipinski definition) is 1. The molecule has 1 fully saturated rings. The minimum atomic E-state index is -0.0121. The van der Waals surface area contributed by atoms with Crippen LogP contribution in [0.4, 0.5) is 0 Å². The van der Waals surface area contributed by atoms with Gasteiger partial charge < -0.3 is 19.9 Å². The third-order valence-electron chi connectivity index (χ3n) is 3.79. The van der Waals surface area contributed by atoms with Crippen molar-refractivity contribution in [3.05, 3.63) is 23.8 Å². The lowest BCUT2D eigenvalue weighted by atomic mass is 10.1. The summed E-state index contributed by atoms with van der Waals surface area (Å²) in [6.45, 7) is 5.39. The van der Waals surface area contributed by atoms with Crippen molar-refractivity contribution in [1.82, 2.24) is 0 Å². The number of hydrogen-bond acceptors (Lipinski definition) is 4. The molecular formula is C15H21NO3. The van der Waals surface area contributed by atoms with Crippen molar-refractivity contribution in [2.75, 3.05) is 13.2 Å². The molecule has 0 aromatic heterocycles. The molecule has 4 heteroatoms. The van der Waals surface area contributed by atoms with E-state index in [9.17, 15) is 0 Å². The first-order chi connectivity index (χ1) is 9.03. The van der Waals surface area contributed by atoms with Gasteiger partial charge in [0.05, 0.1) is 17.7 Å². The molecule has 2 N–H and O–H groups in total. The SMILES string of the molecule is CC1(C)CCC(COc2ccc3c(c2)OCC3N)O1. The van der Waals surface area contributed by atoms with E-state index in [2.05, 4.69) is 13.8 Å². The maximum absolute atomic E-state index is 5.91. The maximum Gasteiger partial charge on any atom is 0.127 e. The largest absolute Gasteiger partial charge is 0.491 e. The summed E-state index contributed by atoms with van der Waals surface area (Å²) in [7, 11) is 0. The molecule has 0 amide bonds. The standard InChI is InChI=1S/C15H21NO3/c1-15(2)6-5-11(19-15)8-17-10-3-4-12-13(16)9-18-14(12)7-10/h3-4,7,11,13H,5-6,8-9,16H2,1-2H3. The lowest BCUT2D eigenvalue weighted by Crippen LogP contribution is -2.23. The van der Waals surface area contributed by atoms with Gasteiger partial charge in [0.2, 0.25) is 0 Å². The highest BCUT2D eigenvalue weighted by atomic mass is 16.6. The quantitative estimate of drug-likeness (QED) is 0.910. The number of fused-ring (bicyclic) bond motifs is 1. The molecule has 104 valence electrons. The van der Waals surface area contributed by atoms with E-state index in [-0.39, 0.29) is 17.7 Å². The first-order valence-corrected chi connectivity index (χ1v) is 6.86. The lowest BCUT2D eigenvalue weighted by molar-refractivity contribution is -0.0326. The van der Waals surface area contributed by atoms with Gasteiger partial charge in [-0.15, -0.1) is 0 Å². The van der Waals surface area contributed by atoms with Crippen LogP contribution in [0.2, 0.25) is 0 Å². The topological polar surface area (TPSA) is 53.7 Å². The number of rotatable bonds is 3. The summed E-state index contributed by atoms with van der Waals surface area (Å²) < 4.78 is 17.2. The Balaban J connectivity index is 1.59. The second-order valence-electron chi connectivity index (χ2n) is 5.97. The molecule has 0 radical (unpaired) electrons. The van der Waals surface area contributed by atoms with Crippen molar-refractivity contribution < 1.29 is 14.2 Å². The van der Waals surface area contributed by atoms with Crippen LogP contribution in [0.15, 0.2) is 18.2 Å². The molecule has 2 aliphatic heterocycles. The van der Waals surface area contributed by atoms with Crippen molar-refractivity contribution in [1.29, 1.82) is 0 Å². The van der Waals surface area contributed by atoms with Crippen molar-refractivity contribution >= 4 is 0 Å². The third kappa shape index (κ3) is 2.69. The van der Waals surface area contributed by atoms with E-state index in [1.165, 1.54) is 0 Å². The van der Waals surface area contributed by atoms with Crippen LogP contribution in [-0.2, 0) is 4.74 Å². The Morgan fingerprint density at radius 2 is 2.26 bits per heavy atom. The van der Waals surface area contributed by atoms with E-state index >= 15 is 0 Å². The van der Waals surface area contributed by atoms with Crippen molar-refractivity contribution in [2.24, 2.45) is 5.73 Å². The Kier molecular flexibility index (Phi) is 3.15. The Morgan fingerprint density at radius 3 is 3.00 bits per heavy atom. The molecule has 2 atom stereocenters. The Bertz CT molecular complexity index is 472. The molecule has 1 aromatic carbocycles. The Hall–Kier alpha value is -1.26. The molecule has 2 aliphatic rings. The van der Waals surface area contributed by atoms with Gasteiger partial charge in [-0.2, -0.15) is 0 Å². The van der Waals surface area contributed by atoms with E-state index < -0.39 is 0 Å². The van der Waals surface area contributed by atoms with Crippen molar-refractivity contribution in [3.8, 4) is 11.5 Å². The fraction of sp³-hybridized carbons (Fsp3) is 0.600. The molecule has 0 spiro atoms. The summed E-state index contributed by atoms with van der Waals surface area (Å²) in [6.07, 6.45) is 2.33. The smallest absolute Gasteiger partial charge is 0.127 e. The minimum Gasteiger partial charge on any atom is -0.491 e. The Morgan fingerprint density at radius 1 is 1.42 bits per heavy atom. The first-order valence-electron chi connectivity index (χ1n) is 6.86. The second kappa shape index (κ2) is 4.69. The molecule has 2 unspecified atom stereocenters. The molecule has 4 nitrogen and oxygen atoms in total. The van der Waals surface area contributed by atoms with Crippen LogP contribution in [-0.4, -0.2) is 24.9 Å². The van der Waals surface area contributed by atoms with Gasteiger partial charge in [-0.1, -0.05) is 0 Å².